The highest BCUT2D eigenvalue weighted by molar-refractivity contribution is 6.00. The fourth-order valence-electron chi connectivity index (χ4n) is 12.8. The number of ether oxygens (including phenoxy) is 12. The van der Waals surface area contributed by atoms with Gasteiger partial charge in [-0.25, -0.2) is 47.9 Å². The molecule has 25 N–H and O–H groups in total. The third-order valence-electron chi connectivity index (χ3n) is 19.9. The number of phenols is 25. The quantitative estimate of drug-likeness (QED) is 0.0100. The summed E-state index contributed by atoms with van der Waals surface area (Å²) in [5.74, 6) is -55.0. The third kappa shape index (κ3) is 22.9. The van der Waals surface area contributed by atoms with E-state index in [1.54, 1.807) is 0 Å². The maximum absolute atomic E-state index is 15.3. The summed E-state index contributed by atoms with van der Waals surface area (Å²) in [6.45, 7) is -0.0566. The molecule has 0 amide bonds. The van der Waals surface area contributed by atoms with Crippen molar-refractivity contribution in [3.63, 3.8) is 0 Å². The van der Waals surface area contributed by atoms with Crippen LogP contribution in [0.1, 0.15) is 115 Å². The molecule has 5 atom stereocenters. The number of phenolic OH excluding ortho intramolecular Hbond substituents is 25. The van der Waals surface area contributed by atoms with Gasteiger partial charge in [-0.1, -0.05) is 48.5 Å². The summed E-state index contributed by atoms with van der Waals surface area (Å²) in [4.78, 5) is 145. The Labute approximate surface area is 785 Å². The number of hydrogen-bond donors (Lipinski definition) is 25. The molecule has 0 unspecified atom stereocenters. The van der Waals surface area contributed by atoms with Crippen molar-refractivity contribution in [2.45, 2.75) is 37.1 Å². The van der Waals surface area contributed by atoms with Crippen molar-refractivity contribution in [2.75, 3.05) is 33.9 Å². The molecule has 732 valence electrons. The number of esters is 10. The Morgan fingerprint density at radius 2 is 0.504 bits per heavy atom. The zero-order valence-electron chi connectivity index (χ0n) is 71.6. The van der Waals surface area contributed by atoms with Gasteiger partial charge < -0.3 is 189 Å². The van der Waals surface area contributed by atoms with Crippen LogP contribution in [0.2, 0.25) is 0 Å². The first-order chi connectivity index (χ1) is 66.6. The molecule has 1 fully saturated rings. The molecule has 48 nitrogen and oxygen atoms in total. The van der Waals surface area contributed by atoms with Gasteiger partial charge >= 0.3 is 59.7 Å². The number of carbonyl (C=O) groups excluding carboxylic acids is 10. The molecule has 1 aliphatic heterocycles. The lowest BCUT2D eigenvalue weighted by Crippen LogP contribution is -2.63. The molecular formula is C93H73NO47. The summed E-state index contributed by atoms with van der Waals surface area (Å²) >= 11 is 0. The van der Waals surface area contributed by atoms with Crippen LogP contribution in [-0.2, 0) is 34.8 Å². The van der Waals surface area contributed by atoms with E-state index in [1.165, 1.54) is 11.1 Å². The van der Waals surface area contributed by atoms with Crippen molar-refractivity contribution in [1.29, 1.82) is 0 Å². The highest BCUT2D eigenvalue weighted by Crippen LogP contribution is 2.48. The SMILES string of the molecule is CN(C)CCOc1ccccc1Cc1ccccc1.O=C(OC[C@H]1O[C@@H](OC(=O)c2cc(O)c(O)c(OC(=O)c3cc(O)c(O)c(O)c3)c2)[C@H](OC(=O)c2cc(O)c(O)c(OC(=O)c3cc(O)c(O)c(O)c3)c2)[C@@H](OC(=O)c2cc(O)c(O)c(OC(=O)c3cc(O)c(O)c(O)c3)c2)[C@@H]1OC(=O)c1cc(O)c(O)c(OC(=O)c2cc(O)c(O)c(O)c2)c1)c1cc(O)c(O)c(OC(=O)c2cc(O)c(O)c(O)c2)c1. The number of hydrogen-bond acceptors (Lipinski definition) is 48. The Hall–Kier alpha value is -19.9. The molecular weight excluding hydrogens is 1880 g/mol. The third-order valence-corrected chi connectivity index (χ3v) is 19.9. The lowest BCUT2D eigenvalue weighted by Gasteiger charge is -2.43. The molecule has 0 saturated carbocycles. The molecule has 1 saturated heterocycles. The summed E-state index contributed by atoms with van der Waals surface area (Å²) in [7, 11) is 4.11. The molecule has 0 spiro atoms. The molecule has 13 rings (SSSR count). The van der Waals surface area contributed by atoms with Crippen molar-refractivity contribution >= 4 is 59.7 Å². The number of rotatable bonds is 27. The molecule has 0 radical (unpaired) electrons. The second kappa shape index (κ2) is 41.7. The Kier molecular flexibility index (Phi) is 29.6. The minimum atomic E-state index is -3.12. The Morgan fingerprint density at radius 3 is 0.794 bits per heavy atom. The highest BCUT2D eigenvalue weighted by atomic mass is 16.8. The average molecular weight is 1960 g/mol. The summed E-state index contributed by atoms with van der Waals surface area (Å²) in [5.41, 5.74) is -7.33. The zero-order chi connectivity index (χ0) is 103. The predicted molar refractivity (Wildman–Crippen MR) is 463 cm³/mol. The van der Waals surface area contributed by atoms with E-state index < -0.39 is 325 Å². The van der Waals surface area contributed by atoms with Crippen LogP contribution in [0.25, 0.3) is 0 Å². The normalized spacial score (nSPS) is 14.1. The molecule has 0 bridgehead atoms. The van der Waals surface area contributed by atoms with E-state index in [0.717, 1.165) is 25.3 Å². The van der Waals surface area contributed by atoms with Gasteiger partial charge in [-0.3, -0.25) is 0 Å². The van der Waals surface area contributed by atoms with Gasteiger partial charge in [0.05, 0.1) is 55.6 Å². The summed E-state index contributed by atoms with van der Waals surface area (Å²) in [5, 5.41) is 261. The minimum Gasteiger partial charge on any atom is -0.504 e. The molecule has 12 aromatic rings. The first-order valence-electron chi connectivity index (χ1n) is 39.8. The van der Waals surface area contributed by atoms with Gasteiger partial charge in [0.2, 0.25) is 41.1 Å². The van der Waals surface area contributed by atoms with E-state index in [2.05, 4.69) is 55.4 Å². The molecule has 48 heteroatoms. The molecule has 1 heterocycles. The minimum absolute atomic E-state index is 0.295. The predicted octanol–water partition coefficient (Wildman–Crippen LogP) is 8.06. The Morgan fingerprint density at radius 1 is 0.262 bits per heavy atom. The van der Waals surface area contributed by atoms with E-state index in [4.69, 9.17) is 56.8 Å². The molecule has 1 aliphatic rings. The van der Waals surface area contributed by atoms with Gasteiger partial charge in [-0.2, -0.15) is 0 Å². The van der Waals surface area contributed by atoms with E-state index in [0.29, 0.717) is 121 Å². The number of carbonyl (C=O) groups is 10. The van der Waals surface area contributed by atoms with Crippen molar-refractivity contribution < 1.29 is 232 Å². The van der Waals surface area contributed by atoms with Crippen LogP contribution < -0.4 is 28.4 Å². The number of aromatic hydroxyl groups is 25. The Balaban J connectivity index is 0.000000831. The average Bonchev–Trinajstić information content (AvgIpc) is 0.761. The highest BCUT2D eigenvalue weighted by Gasteiger charge is 2.55. The van der Waals surface area contributed by atoms with Gasteiger partial charge in [0, 0.05) is 13.0 Å². The van der Waals surface area contributed by atoms with Crippen LogP contribution >= 0.6 is 0 Å². The molecule has 0 aromatic heterocycles. The lowest BCUT2D eigenvalue weighted by molar-refractivity contribution is -0.282. The van der Waals surface area contributed by atoms with Crippen LogP contribution in [0.3, 0.4) is 0 Å². The smallest absolute Gasteiger partial charge is 0.343 e. The molecule has 12 aromatic carbocycles. The zero-order valence-corrected chi connectivity index (χ0v) is 71.6. The van der Waals surface area contributed by atoms with E-state index in [1.807, 2.05) is 18.2 Å². The molecule has 0 aliphatic carbocycles. The monoisotopic (exact) mass is 1960 g/mol. The largest absolute Gasteiger partial charge is 0.504 e. The standard InChI is InChI=1S/C76H52O46.C17H21NO/c77-32-1-22(2-33(78)53(32)92)67(103)113-47-16-27(11-42(87)58(47)97)66(102)112-21-52-63(119-72(108)28-12-43(88)59(98)48(17-28)114-68(104)23-3-34(79)54(93)35(80)4-23)64(120-73(109)29-13-44(89)60(99)49(18-29)115-69(105)24-5-36(81)55(94)37(82)6-24)65(121-74(110)30-14-45(90)61(100)50(19-30)116-70(106)25-7-38(83)56(95)39(84)8-25)76(118-52)122-75(111)31-15-46(91)62(101)51(20-31)117-71(107)26-9-40(85)57(96)41(86)10-26;1-18(2)12-13-19-17-11-7-6-10-16(17)14-15-8-4-3-5-9-15/h1-20,52,63-65,76-101H,21H2;3-11H,12-14H2,1-2H3/t52-,63-,64+,65-,76+;/m1./s1. The van der Waals surface area contributed by atoms with E-state index in [-0.39, 0.29) is 0 Å². The lowest BCUT2D eigenvalue weighted by atomic mass is 9.97. The second-order valence-corrected chi connectivity index (χ2v) is 30.1. The van der Waals surface area contributed by atoms with Crippen LogP contribution in [0.5, 0.6) is 178 Å². The van der Waals surface area contributed by atoms with Crippen molar-refractivity contribution in [3.05, 3.63) is 243 Å². The molecule has 141 heavy (non-hydrogen) atoms. The van der Waals surface area contributed by atoms with Gasteiger partial charge in [0.15, 0.2) is 156 Å². The fourth-order valence-corrected chi connectivity index (χ4v) is 12.8. The topological polar surface area (TPSA) is 790 Å². The maximum atomic E-state index is 15.3. The van der Waals surface area contributed by atoms with E-state index in [9.17, 15) is 161 Å². The van der Waals surface area contributed by atoms with Gasteiger partial charge in [-0.05, 0) is 153 Å². The van der Waals surface area contributed by atoms with Crippen molar-refractivity contribution in [2.24, 2.45) is 0 Å². The van der Waals surface area contributed by atoms with Gasteiger partial charge in [0.25, 0.3) is 0 Å². The summed E-state index contributed by atoms with van der Waals surface area (Å²) in [6.07, 6.45) is -14.1. The first-order valence-corrected chi connectivity index (χ1v) is 39.8. The summed E-state index contributed by atoms with van der Waals surface area (Å²) in [6, 6.07) is 27.3. The number of para-hydroxylation sites is 1. The van der Waals surface area contributed by atoms with Crippen LogP contribution in [0.4, 0.5) is 0 Å². The number of benzene rings is 12. The maximum Gasteiger partial charge on any atom is 0.343 e. The van der Waals surface area contributed by atoms with E-state index >= 15 is 14.4 Å². The van der Waals surface area contributed by atoms with Crippen LogP contribution in [0.15, 0.2) is 176 Å². The first kappa shape index (κ1) is 100. The van der Waals surface area contributed by atoms with Gasteiger partial charge in [0.1, 0.15) is 25.1 Å². The Bertz CT molecular complexity index is 6900. The van der Waals surface area contributed by atoms with Crippen LogP contribution in [-0.4, -0.2) is 257 Å². The van der Waals surface area contributed by atoms with Gasteiger partial charge in [-0.15, -0.1) is 0 Å². The fraction of sp³-hybridized carbons (Fsp3) is 0.118. The van der Waals surface area contributed by atoms with Crippen molar-refractivity contribution in [3.8, 4) is 178 Å². The second-order valence-electron chi connectivity index (χ2n) is 30.1. The van der Waals surface area contributed by atoms with Crippen molar-refractivity contribution in [1.82, 2.24) is 4.90 Å². The number of likely N-dealkylation sites (N-methyl/N-ethyl adjacent to an activating group) is 1. The number of nitrogens with zero attached hydrogens (tertiary/aromatic N) is 1. The summed E-state index contributed by atoms with van der Waals surface area (Å²) < 4.78 is 66.3. The van der Waals surface area contributed by atoms with Crippen LogP contribution in [0, 0.1) is 0 Å².